The van der Waals surface area contributed by atoms with Gasteiger partial charge in [-0.05, 0) is 47.1 Å². The molecule has 1 aromatic carbocycles. The molecule has 1 atom stereocenters. The molecule has 0 aliphatic heterocycles. The van der Waals surface area contributed by atoms with Crippen LogP contribution in [0.5, 0.6) is 5.75 Å². The standard InChI is InChI=1S/C14H14BrNO3/c1-10(12-7-4-8-18-12)16-14(17)9-19-13-6-3-2-5-11(13)15/h2-8,10H,9H2,1H3,(H,16,17). The Hall–Kier alpha value is -1.75. The van der Waals surface area contributed by atoms with Crippen LogP contribution in [0.3, 0.4) is 0 Å². The van der Waals surface area contributed by atoms with Crippen LogP contribution >= 0.6 is 15.9 Å². The highest BCUT2D eigenvalue weighted by Gasteiger charge is 2.12. The number of hydrogen-bond acceptors (Lipinski definition) is 3. The van der Waals surface area contributed by atoms with E-state index >= 15 is 0 Å². The Labute approximate surface area is 119 Å². The van der Waals surface area contributed by atoms with Crippen molar-refractivity contribution in [3.05, 3.63) is 52.9 Å². The van der Waals surface area contributed by atoms with Gasteiger partial charge in [-0.2, -0.15) is 0 Å². The largest absolute Gasteiger partial charge is 0.483 e. The minimum atomic E-state index is -0.195. The lowest BCUT2D eigenvalue weighted by Crippen LogP contribution is -2.31. The zero-order valence-electron chi connectivity index (χ0n) is 10.4. The summed E-state index contributed by atoms with van der Waals surface area (Å²) in [4.78, 5) is 11.7. The van der Waals surface area contributed by atoms with Crippen LogP contribution < -0.4 is 10.1 Å². The molecule has 0 saturated heterocycles. The monoisotopic (exact) mass is 323 g/mol. The Balaban J connectivity index is 1.84. The maximum atomic E-state index is 11.7. The molecule has 2 rings (SSSR count). The third-order valence-electron chi connectivity index (χ3n) is 2.54. The first-order valence-electron chi connectivity index (χ1n) is 5.87. The van der Waals surface area contributed by atoms with Crippen molar-refractivity contribution in [1.82, 2.24) is 5.32 Å². The summed E-state index contributed by atoms with van der Waals surface area (Å²) in [5.74, 6) is 1.16. The van der Waals surface area contributed by atoms with Crippen LogP contribution in [0.25, 0.3) is 0 Å². The van der Waals surface area contributed by atoms with E-state index in [-0.39, 0.29) is 18.6 Å². The summed E-state index contributed by atoms with van der Waals surface area (Å²) in [5, 5.41) is 2.80. The number of nitrogens with one attached hydrogen (secondary N) is 1. The Morgan fingerprint density at radius 3 is 2.84 bits per heavy atom. The second kappa shape index (κ2) is 6.43. The molecule has 1 aromatic heterocycles. The van der Waals surface area contributed by atoms with E-state index < -0.39 is 0 Å². The molecule has 0 bridgehead atoms. The quantitative estimate of drug-likeness (QED) is 0.918. The van der Waals surface area contributed by atoms with Crippen LogP contribution in [-0.2, 0) is 4.79 Å². The molecule has 2 aromatic rings. The molecule has 0 aliphatic carbocycles. The normalized spacial score (nSPS) is 11.9. The number of amides is 1. The van der Waals surface area contributed by atoms with Gasteiger partial charge < -0.3 is 14.5 Å². The van der Waals surface area contributed by atoms with Gasteiger partial charge in [-0.3, -0.25) is 4.79 Å². The van der Waals surface area contributed by atoms with Crippen LogP contribution in [0.1, 0.15) is 18.7 Å². The van der Waals surface area contributed by atoms with E-state index in [1.165, 1.54) is 0 Å². The highest BCUT2D eigenvalue weighted by atomic mass is 79.9. The average molecular weight is 324 g/mol. The number of ether oxygens (including phenoxy) is 1. The van der Waals surface area contributed by atoms with Gasteiger partial charge in [-0.15, -0.1) is 0 Å². The molecule has 0 radical (unpaired) electrons. The number of benzene rings is 1. The van der Waals surface area contributed by atoms with Crippen molar-refractivity contribution < 1.29 is 13.9 Å². The van der Waals surface area contributed by atoms with Gasteiger partial charge >= 0.3 is 0 Å². The van der Waals surface area contributed by atoms with Gasteiger partial charge in [0, 0.05) is 0 Å². The summed E-state index contributed by atoms with van der Waals surface area (Å²) in [6.45, 7) is 1.82. The number of para-hydroxylation sites is 1. The molecule has 0 saturated carbocycles. The van der Waals surface area contributed by atoms with Crippen LogP contribution in [0, 0.1) is 0 Å². The Morgan fingerprint density at radius 1 is 1.37 bits per heavy atom. The molecule has 4 nitrogen and oxygen atoms in total. The summed E-state index contributed by atoms with van der Waals surface area (Å²) < 4.78 is 11.5. The molecule has 0 spiro atoms. The van der Waals surface area contributed by atoms with E-state index in [0.717, 1.165) is 4.47 Å². The van der Waals surface area contributed by atoms with E-state index in [0.29, 0.717) is 11.5 Å². The number of carbonyl (C=O) groups excluding carboxylic acids is 1. The van der Waals surface area contributed by atoms with Crippen molar-refractivity contribution >= 4 is 21.8 Å². The molecular formula is C14H14BrNO3. The van der Waals surface area contributed by atoms with Gasteiger partial charge in [0.15, 0.2) is 6.61 Å². The van der Waals surface area contributed by atoms with Gasteiger partial charge in [0.05, 0.1) is 16.8 Å². The minimum absolute atomic E-state index is 0.0341. The summed E-state index contributed by atoms with van der Waals surface area (Å²) in [5.41, 5.74) is 0. The molecule has 0 fully saturated rings. The Morgan fingerprint density at radius 2 is 2.16 bits per heavy atom. The van der Waals surface area contributed by atoms with Gasteiger partial charge in [0.25, 0.3) is 5.91 Å². The number of carbonyl (C=O) groups is 1. The first-order valence-corrected chi connectivity index (χ1v) is 6.66. The van der Waals surface area contributed by atoms with Crippen molar-refractivity contribution in [3.8, 4) is 5.75 Å². The summed E-state index contributed by atoms with van der Waals surface area (Å²) in [7, 11) is 0. The predicted molar refractivity (Wildman–Crippen MR) is 74.9 cm³/mol. The van der Waals surface area contributed by atoms with E-state index in [9.17, 15) is 4.79 Å². The smallest absolute Gasteiger partial charge is 0.258 e. The molecule has 100 valence electrons. The van der Waals surface area contributed by atoms with E-state index in [1.807, 2.05) is 31.2 Å². The lowest BCUT2D eigenvalue weighted by Gasteiger charge is -2.12. The van der Waals surface area contributed by atoms with Crippen molar-refractivity contribution in [3.63, 3.8) is 0 Å². The molecular weight excluding hydrogens is 310 g/mol. The summed E-state index contributed by atoms with van der Waals surface area (Å²) in [6, 6.07) is 10.8. The predicted octanol–water partition coefficient (Wildman–Crippen LogP) is 3.30. The van der Waals surface area contributed by atoms with Crippen LogP contribution in [0.2, 0.25) is 0 Å². The fraction of sp³-hybridized carbons (Fsp3) is 0.214. The fourth-order valence-corrected chi connectivity index (χ4v) is 2.00. The first-order chi connectivity index (χ1) is 9.16. The van der Waals surface area contributed by atoms with Crippen molar-refractivity contribution in [2.24, 2.45) is 0 Å². The molecule has 0 aliphatic rings. The SMILES string of the molecule is CC(NC(=O)COc1ccccc1Br)c1ccco1. The zero-order valence-corrected chi connectivity index (χ0v) is 12.0. The average Bonchev–Trinajstić information content (AvgIpc) is 2.91. The Bertz CT molecular complexity index is 539. The zero-order chi connectivity index (χ0) is 13.7. The molecule has 1 unspecified atom stereocenters. The minimum Gasteiger partial charge on any atom is -0.483 e. The molecule has 5 heteroatoms. The van der Waals surface area contributed by atoms with E-state index in [2.05, 4.69) is 21.2 Å². The number of furan rings is 1. The lowest BCUT2D eigenvalue weighted by molar-refractivity contribution is -0.123. The second-order valence-electron chi connectivity index (χ2n) is 4.02. The maximum absolute atomic E-state index is 11.7. The van der Waals surface area contributed by atoms with Gasteiger partial charge in [0.1, 0.15) is 11.5 Å². The number of hydrogen-bond donors (Lipinski definition) is 1. The fourth-order valence-electron chi connectivity index (χ4n) is 1.60. The highest BCUT2D eigenvalue weighted by Crippen LogP contribution is 2.23. The summed E-state index contributed by atoms with van der Waals surface area (Å²) >= 11 is 3.36. The number of rotatable bonds is 5. The molecule has 1 N–H and O–H groups in total. The second-order valence-corrected chi connectivity index (χ2v) is 4.88. The maximum Gasteiger partial charge on any atom is 0.258 e. The van der Waals surface area contributed by atoms with Crippen LogP contribution in [-0.4, -0.2) is 12.5 Å². The molecule has 1 heterocycles. The van der Waals surface area contributed by atoms with Gasteiger partial charge in [-0.1, -0.05) is 12.1 Å². The van der Waals surface area contributed by atoms with Crippen molar-refractivity contribution in [1.29, 1.82) is 0 Å². The molecule has 1 amide bonds. The van der Waals surface area contributed by atoms with E-state index in [4.69, 9.17) is 9.15 Å². The highest BCUT2D eigenvalue weighted by molar-refractivity contribution is 9.10. The summed E-state index contributed by atoms with van der Waals surface area (Å²) in [6.07, 6.45) is 1.58. The first kappa shape index (κ1) is 13.7. The van der Waals surface area contributed by atoms with Crippen LogP contribution in [0.15, 0.2) is 51.6 Å². The van der Waals surface area contributed by atoms with Crippen molar-refractivity contribution in [2.45, 2.75) is 13.0 Å². The van der Waals surface area contributed by atoms with Gasteiger partial charge in [-0.25, -0.2) is 0 Å². The Kier molecular flexibility index (Phi) is 4.63. The topological polar surface area (TPSA) is 51.5 Å². The van der Waals surface area contributed by atoms with E-state index in [1.54, 1.807) is 18.4 Å². The van der Waals surface area contributed by atoms with Crippen molar-refractivity contribution in [2.75, 3.05) is 6.61 Å². The third kappa shape index (κ3) is 3.86. The van der Waals surface area contributed by atoms with Crippen LogP contribution in [0.4, 0.5) is 0 Å². The third-order valence-corrected chi connectivity index (χ3v) is 3.20. The number of halogens is 1. The van der Waals surface area contributed by atoms with Gasteiger partial charge in [0.2, 0.25) is 0 Å². The molecule has 19 heavy (non-hydrogen) atoms. The lowest BCUT2D eigenvalue weighted by atomic mass is 10.2.